The van der Waals surface area contributed by atoms with E-state index in [1.165, 1.54) is 21.0 Å². The Bertz CT molecular complexity index is 1260. The number of sulfonamides is 1. The Balaban J connectivity index is 1.52. The SMILES string of the molecule is Cc1cc(NC(=O)CCn2c(=O)oc3cc(S(=O)(=O)N4CCCC4)ccc32)n(C)n1. The molecule has 1 aromatic carbocycles. The predicted octanol–water partition coefficient (Wildman–Crippen LogP) is 1.45. The molecule has 1 N–H and O–H groups in total. The molecule has 0 aliphatic carbocycles. The van der Waals surface area contributed by atoms with Gasteiger partial charge in [0, 0.05) is 45.2 Å². The Morgan fingerprint density at radius 3 is 2.63 bits per heavy atom. The van der Waals surface area contributed by atoms with Gasteiger partial charge >= 0.3 is 5.76 Å². The van der Waals surface area contributed by atoms with Crippen LogP contribution in [0, 0.1) is 6.92 Å². The van der Waals surface area contributed by atoms with Crippen molar-refractivity contribution in [1.82, 2.24) is 18.7 Å². The summed E-state index contributed by atoms with van der Waals surface area (Å²) in [6, 6.07) is 6.14. The third kappa shape index (κ3) is 3.77. The molecule has 3 heterocycles. The number of oxazole rings is 1. The van der Waals surface area contributed by atoms with Crippen molar-refractivity contribution in [2.24, 2.45) is 7.05 Å². The lowest BCUT2D eigenvalue weighted by atomic mass is 10.3. The summed E-state index contributed by atoms with van der Waals surface area (Å²) < 4.78 is 35.0. The minimum atomic E-state index is -3.61. The number of amides is 1. The number of fused-ring (bicyclic) bond motifs is 1. The van der Waals surface area contributed by atoms with Gasteiger partial charge in [0.1, 0.15) is 5.82 Å². The van der Waals surface area contributed by atoms with E-state index in [4.69, 9.17) is 4.42 Å². The lowest BCUT2D eigenvalue weighted by molar-refractivity contribution is -0.116. The van der Waals surface area contributed by atoms with Crippen LogP contribution < -0.4 is 11.1 Å². The van der Waals surface area contributed by atoms with Crippen LogP contribution in [0.1, 0.15) is 25.0 Å². The summed E-state index contributed by atoms with van der Waals surface area (Å²) in [5.41, 5.74) is 1.41. The van der Waals surface area contributed by atoms with Crippen LogP contribution in [0.5, 0.6) is 0 Å². The summed E-state index contributed by atoms with van der Waals surface area (Å²) in [7, 11) is -1.88. The minimum absolute atomic E-state index is 0.0482. The number of nitrogens with one attached hydrogen (secondary N) is 1. The number of aromatic nitrogens is 3. The van der Waals surface area contributed by atoms with Gasteiger partial charge in [0.05, 0.1) is 16.1 Å². The van der Waals surface area contributed by atoms with E-state index in [1.54, 1.807) is 23.9 Å². The van der Waals surface area contributed by atoms with Crippen LogP contribution in [0.3, 0.4) is 0 Å². The van der Waals surface area contributed by atoms with Crippen LogP contribution in [-0.4, -0.2) is 46.1 Å². The molecule has 11 heteroatoms. The van der Waals surface area contributed by atoms with Crippen molar-refractivity contribution in [3.05, 3.63) is 40.5 Å². The first kappa shape index (κ1) is 20.4. The molecule has 4 rings (SSSR count). The van der Waals surface area contributed by atoms with Gasteiger partial charge in [-0.2, -0.15) is 9.40 Å². The number of carbonyl (C=O) groups is 1. The standard InChI is InChI=1S/C19H23N5O5S/c1-13-11-17(22(2)21-13)20-18(25)7-10-24-15-6-5-14(12-16(15)29-19(24)26)30(27,28)23-8-3-4-9-23/h5-6,11-12H,3-4,7-10H2,1-2H3,(H,20,25). The molecule has 160 valence electrons. The molecule has 10 nitrogen and oxygen atoms in total. The highest BCUT2D eigenvalue weighted by Gasteiger charge is 2.28. The van der Waals surface area contributed by atoms with E-state index in [9.17, 15) is 18.0 Å². The maximum atomic E-state index is 12.7. The maximum absolute atomic E-state index is 12.7. The third-order valence-electron chi connectivity index (χ3n) is 5.17. The van der Waals surface area contributed by atoms with E-state index < -0.39 is 15.8 Å². The summed E-state index contributed by atoms with van der Waals surface area (Å²) >= 11 is 0. The molecular formula is C19H23N5O5S. The number of hydrogen-bond donors (Lipinski definition) is 1. The Hall–Kier alpha value is -2.92. The van der Waals surface area contributed by atoms with Gasteiger partial charge in [0.2, 0.25) is 15.9 Å². The Kier molecular flexibility index (Phi) is 5.24. The lowest BCUT2D eigenvalue weighted by Gasteiger charge is -2.15. The molecule has 1 saturated heterocycles. The van der Waals surface area contributed by atoms with Crippen LogP contribution in [0.4, 0.5) is 5.82 Å². The monoisotopic (exact) mass is 433 g/mol. The summed E-state index contributed by atoms with van der Waals surface area (Å²) in [6.07, 6.45) is 1.73. The topological polar surface area (TPSA) is 119 Å². The molecule has 1 amide bonds. The van der Waals surface area contributed by atoms with Crippen LogP contribution in [0.25, 0.3) is 11.1 Å². The molecule has 30 heavy (non-hydrogen) atoms. The fourth-order valence-electron chi connectivity index (χ4n) is 3.64. The summed E-state index contributed by atoms with van der Waals surface area (Å²) in [5.74, 6) is -0.337. The molecule has 0 unspecified atom stereocenters. The van der Waals surface area contributed by atoms with Crippen molar-refractivity contribution < 1.29 is 17.6 Å². The quantitative estimate of drug-likeness (QED) is 0.628. The molecular weight excluding hydrogens is 410 g/mol. The van der Waals surface area contributed by atoms with E-state index >= 15 is 0 Å². The second-order valence-corrected chi connectivity index (χ2v) is 9.29. The van der Waals surface area contributed by atoms with Gasteiger partial charge in [-0.25, -0.2) is 13.2 Å². The summed E-state index contributed by atoms with van der Waals surface area (Å²) in [4.78, 5) is 24.6. The zero-order valence-electron chi connectivity index (χ0n) is 16.8. The molecule has 0 bridgehead atoms. The second kappa shape index (κ2) is 7.73. The first-order chi connectivity index (χ1) is 14.3. The van der Waals surface area contributed by atoms with Gasteiger partial charge in [-0.3, -0.25) is 14.0 Å². The van der Waals surface area contributed by atoms with Crippen molar-refractivity contribution in [1.29, 1.82) is 0 Å². The van der Waals surface area contributed by atoms with Crippen LogP contribution in [-0.2, 0) is 28.4 Å². The molecule has 0 atom stereocenters. The van der Waals surface area contributed by atoms with E-state index in [1.807, 2.05) is 6.92 Å². The summed E-state index contributed by atoms with van der Waals surface area (Å²) in [6.45, 7) is 2.92. The smallest absolute Gasteiger partial charge is 0.408 e. The van der Waals surface area contributed by atoms with E-state index in [-0.39, 0.29) is 29.4 Å². The van der Waals surface area contributed by atoms with Gasteiger partial charge in [-0.15, -0.1) is 0 Å². The molecule has 2 aromatic heterocycles. The number of benzene rings is 1. The molecule has 1 fully saturated rings. The highest BCUT2D eigenvalue weighted by molar-refractivity contribution is 7.89. The van der Waals surface area contributed by atoms with Crippen LogP contribution in [0.15, 0.2) is 38.4 Å². The first-order valence-corrected chi connectivity index (χ1v) is 11.1. The van der Waals surface area contributed by atoms with Crippen LogP contribution >= 0.6 is 0 Å². The Morgan fingerprint density at radius 1 is 1.23 bits per heavy atom. The van der Waals surface area contributed by atoms with Crippen molar-refractivity contribution in [2.45, 2.75) is 37.6 Å². The number of aryl methyl sites for hydroxylation is 3. The van der Waals surface area contributed by atoms with Gasteiger partial charge < -0.3 is 9.73 Å². The highest BCUT2D eigenvalue weighted by atomic mass is 32.2. The molecule has 1 aliphatic heterocycles. The Morgan fingerprint density at radius 2 is 1.97 bits per heavy atom. The third-order valence-corrected chi connectivity index (χ3v) is 7.07. The fraction of sp³-hybridized carbons (Fsp3) is 0.421. The molecule has 0 saturated carbocycles. The number of rotatable bonds is 6. The lowest BCUT2D eigenvalue weighted by Crippen LogP contribution is -2.27. The van der Waals surface area contributed by atoms with Gasteiger partial charge in [-0.1, -0.05) is 0 Å². The average Bonchev–Trinajstić information content (AvgIpc) is 3.39. The molecule has 0 spiro atoms. The predicted molar refractivity (Wildman–Crippen MR) is 110 cm³/mol. The van der Waals surface area contributed by atoms with Crippen LogP contribution in [0.2, 0.25) is 0 Å². The first-order valence-electron chi connectivity index (χ1n) is 9.70. The number of anilines is 1. The van der Waals surface area contributed by atoms with E-state index in [0.717, 1.165) is 18.5 Å². The number of carbonyl (C=O) groups excluding carboxylic acids is 1. The molecule has 3 aromatic rings. The van der Waals surface area contributed by atoms with E-state index in [2.05, 4.69) is 10.4 Å². The maximum Gasteiger partial charge on any atom is 0.419 e. The van der Waals surface area contributed by atoms with Crippen molar-refractivity contribution in [2.75, 3.05) is 18.4 Å². The molecule has 0 radical (unpaired) electrons. The minimum Gasteiger partial charge on any atom is -0.408 e. The zero-order chi connectivity index (χ0) is 21.5. The average molecular weight is 433 g/mol. The normalized spacial score (nSPS) is 15.1. The fourth-order valence-corrected chi connectivity index (χ4v) is 5.18. The Labute approximate surface area is 173 Å². The van der Waals surface area contributed by atoms with E-state index in [0.29, 0.717) is 24.4 Å². The largest absolute Gasteiger partial charge is 0.419 e. The van der Waals surface area contributed by atoms with Crippen molar-refractivity contribution in [3.63, 3.8) is 0 Å². The number of nitrogens with zero attached hydrogens (tertiary/aromatic N) is 4. The highest BCUT2D eigenvalue weighted by Crippen LogP contribution is 2.24. The second-order valence-electron chi connectivity index (χ2n) is 7.35. The van der Waals surface area contributed by atoms with Crippen molar-refractivity contribution >= 4 is 32.8 Å². The van der Waals surface area contributed by atoms with Crippen molar-refractivity contribution in [3.8, 4) is 0 Å². The van der Waals surface area contributed by atoms with Gasteiger partial charge in [0.15, 0.2) is 5.58 Å². The van der Waals surface area contributed by atoms with Gasteiger partial charge in [-0.05, 0) is 31.9 Å². The molecule has 1 aliphatic rings. The summed E-state index contributed by atoms with van der Waals surface area (Å²) in [5, 5.41) is 6.92. The van der Waals surface area contributed by atoms with Gasteiger partial charge in [0.25, 0.3) is 0 Å². The number of hydrogen-bond acceptors (Lipinski definition) is 6. The zero-order valence-corrected chi connectivity index (χ0v) is 17.6.